The molecule has 66 valence electrons. The molecule has 0 unspecified atom stereocenters. The molecule has 0 radical (unpaired) electrons. The van der Waals surface area contributed by atoms with Crippen molar-refractivity contribution in [2.75, 3.05) is 0 Å². The van der Waals surface area contributed by atoms with Gasteiger partial charge in [-0.25, -0.2) is 0 Å². The Bertz CT molecular complexity index is 206. The molecule has 0 aliphatic carbocycles. The van der Waals surface area contributed by atoms with Crippen LogP contribution in [0, 0.1) is 0 Å². The van der Waals surface area contributed by atoms with Crippen molar-refractivity contribution in [1.82, 2.24) is 0 Å². The lowest BCUT2D eigenvalue weighted by Gasteiger charge is -2.09. The van der Waals surface area contributed by atoms with Crippen LogP contribution in [0.25, 0.3) is 0 Å². The third-order valence-corrected chi connectivity index (χ3v) is 2.57. The van der Waals surface area contributed by atoms with E-state index in [-0.39, 0.29) is 0 Å². The second-order valence-electron chi connectivity index (χ2n) is 3.07. The summed E-state index contributed by atoms with van der Waals surface area (Å²) in [6.07, 6.45) is 3.70. The second kappa shape index (κ2) is 5.26. The molecule has 0 saturated carbocycles. The van der Waals surface area contributed by atoms with Crippen LogP contribution in [-0.4, -0.2) is 0 Å². The molecular formula is C11H16S. The highest BCUT2D eigenvalue weighted by Gasteiger charge is 2.03. The van der Waals surface area contributed by atoms with Gasteiger partial charge in [0.1, 0.15) is 0 Å². The molecule has 0 aliphatic rings. The number of unbranched alkanes of at least 4 members (excludes halogenated alkanes) is 1. The van der Waals surface area contributed by atoms with Crippen molar-refractivity contribution in [3.63, 3.8) is 0 Å². The van der Waals surface area contributed by atoms with E-state index in [9.17, 15) is 0 Å². The van der Waals surface area contributed by atoms with E-state index in [0.29, 0.717) is 5.25 Å². The highest BCUT2D eigenvalue weighted by molar-refractivity contribution is 7.80. The Hall–Kier alpha value is -0.430. The third kappa shape index (κ3) is 2.90. The molecule has 0 spiro atoms. The number of rotatable bonds is 4. The molecule has 0 amide bonds. The summed E-state index contributed by atoms with van der Waals surface area (Å²) in [6, 6.07) is 10.5. The predicted octanol–water partition coefficient (Wildman–Crippen LogP) is 3.85. The molecule has 1 heteroatoms. The van der Waals surface area contributed by atoms with E-state index in [1.54, 1.807) is 0 Å². The molecule has 0 nitrogen and oxygen atoms in total. The Kier molecular flexibility index (Phi) is 4.23. The van der Waals surface area contributed by atoms with E-state index in [2.05, 4.69) is 43.8 Å². The van der Waals surface area contributed by atoms with Gasteiger partial charge in [-0.1, -0.05) is 50.1 Å². The van der Waals surface area contributed by atoms with Crippen LogP contribution in [0.15, 0.2) is 30.3 Å². The summed E-state index contributed by atoms with van der Waals surface area (Å²) in [5, 5.41) is 0.422. The van der Waals surface area contributed by atoms with Gasteiger partial charge >= 0.3 is 0 Å². The molecule has 1 rings (SSSR count). The van der Waals surface area contributed by atoms with Gasteiger partial charge in [-0.15, -0.1) is 0 Å². The third-order valence-electron chi connectivity index (χ3n) is 2.02. The van der Waals surface area contributed by atoms with Crippen LogP contribution in [0.3, 0.4) is 0 Å². The van der Waals surface area contributed by atoms with Crippen LogP contribution in [-0.2, 0) is 0 Å². The number of benzene rings is 1. The maximum absolute atomic E-state index is 4.55. The van der Waals surface area contributed by atoms with Crippen molar-refractivity contribution in [3.8, 4) is 0 Å². The van der Waals surface area contributed by atoms with Crippen molar-refractivity contribution in [1.29, 1.82) is 0 Å². The van der Waals surface area contributed by atoms with Crippen molar-refractivity contribution in [2.24, 2.45) is 0 Å². The molecule has 0 N–H and O–H groups in total. The maximum Gasteiger partial charge on any atom is 0.0267 e. The van der Waals surface area contributed by atoms with Gasteiger partial charge in [0.05, 0.1) is 0 Å². The number of hydrogen-bond acceptors (Lipinski definition) is 1. The molecule has 0 fully saturated rings. The SMILES string of the molecule is CCCC[C@H](S)c1ccccc1. The largest absolute Gasteiger partial charge is 0.171 e. The van der Waals surface area contributed by atoms with Crippen LogP contribution in [0.2, 0.25) is 0 Å². The summed E-state index contributed by atoms with van der Waals surface area (Å²) in [7, 11) is 0. The van der Waals surface area contributed by atoms with E-state index >= 15 is 0 Å². The molecule has 0 aliphatic heterocycles. The highest BCUT2D eigenvalue weighted by Crippen LogP contribution is 2.24. The van der Waals surface area contributed by atoms with Gasteiger partial charge in [0.15, 0.2) is 0 Å². The van der Waals surface area contributed by atoms with Gasteiger partial charge in [-0.05, 0) is 12.0 Å². The first kappa shape index (κ1) is 9.66. The quantitative estimate of drug-likeness (QED) is 0.668. The first-order valence-electron chi connectivity index (χ1n) is 4.57. The minimum atomic E-state index is 0.422. The van der Waals surface area contributed by atoms with Crippen LogP contribution in [0.5, 0.6) is 0 Å². The zero-order chi connectivity index (χ0) is 8.81. The summed E-state index contributed by atoms with van der Waals surface area (Å²) in [5.74, 6) is 0. The lowest BCUT2D eigenvalue weighted by molar-refractivity contribution is 0.709. The van der Waals surface area contributed by atoms with Gasteiger partial charge in [0.25, 0.3) is 0 Å². The predicted molar refractivity (Wildman–Crippen MR) is 57.7 cm³/mol. The fraction of sp³-hybridized carbons (Fsp3) is 0.455. The van der Waals surface area contributed by atoms with Gasteiger partial charge in [-0.2, -0.15) is 12.6 Å². The lowest BCUT2D eigenvalue weighted by Crippen LogP contribution is -1.89. The van der Waals surface area contributed by atoms with E-state index in [0.717, 1.165) is 0 Å². The van der Waals surface area contributed by atoms with Crippen molar-refractivity contribution in [3.05, 3.63) is 35.9 Å². The maximum atomic E-state index is 4.55. The van der Waals surface area contributed by atoms with Crippen LogP contribution < -0.4 is 0 Å². The fourth-order valence-corrected chi connectivity index (χ4v) is 1.59. The van der Waals surface area contributed by atoms with E-state index in [4.69, 9.17) is 0 Å². The first-order valence-corrected chi connectivity index (χ1v) is 5.09. The molecule has 1 aromatic rings. The molecule has 0 heterocycles. The minimum absolute atomic E-state index is 0.422. The molecule has 1 aromatic carbocycles. The second-order valence-corrected chi connectivity index (χ2v) is 3.69. The molecule has 0 aromatic heterocycles. The first-order chi connectivity index (χ1) is 5.84. The average molecular weight is 180 g/mol. The smallest absolute Gasteiger partial charge is 0.0267 e. The van der Waals surface area contributed by atoms with Crippen molar-refractivity contribution >= 4 is 12.6 Å². The van der Waals surface area contributed by atoms with E-state index in [1.807, 2.05) is 6.07 Å². The summed E-state index contributed by atoms with van der Waals surface area (Å²) >= 11 is 4.55. The van der Waals surface area contributed by atoms with E-state index in [1.165, 1.54) is 24.8 Å². The van der Waals surface area contributed by atoms with Crippen molar-refractivity contribution in [2.45, 2.75) is 31.4 Å². The normalized spacial score (nSPS) is 12.8. The van der Waals surface area contributed by atoms with Crippen LogP contribution >= 0.6 is 12.6 Å². The Labute approximate surface area is 80.4 Å². The minimum Gasteiger partial charge on any atom is -0.171 e. The van der Waals surface area contributed by atoms with Gasteiger partial charge in [0, 0.05) is 5.25 Å². The Balaban J connectivity index is 2.48. The summed E-state index contributed by atoms with van der Waals surface area (Å²) in [6.45, 7) is 2.21. The molecule has 0 bridgehead atoms. The Morgan fingerprint density at radius 2 is 1.92 bits per heavy atom. The summed E-state index contributed by atoms with van der Waals surface area (Å²) < 4.78 is 0. The Morgan fingerprint density at radius 3 is 2.50 bits per heavy atom. The number of thiol groups is 1. The number of hydrogen-bond donors (Lipinski definition) is 1. The zero-order valence-corrected chi connectivity index (χ0v) is 8.43. The Morgan fingerprint density at radius 1 is 1.25 bits per heavy atom. The highest BCUT2D eigenvalue weighted by atomic mass is 32.1. The molecule has 0 saturated heterocycles. The zero-order valence-electron chi connectivity index (χ0n) is 7.53. The monoisotopic (exact) mass is 180 g/mol. The molecule has 12 heavy (non-hydrogen) atoms. The summed E-state index contributed by atoms with van der Waals surface area (Å²) in [4.78, 5) is 0. The van der Waals surface area contributed by atoms with Gasteiger partial charge in [-0.3, -0.25) is 0 Å². The fourth-order valence-electron chi connectivity index (χ4n) is 1.24. The summed E-state index contributed by atoms with van der Waals surface area (Å²) in [5.41, 5.74) is 1.34. The van der Waals surface area contributed by atoms with E-state index < -0.39 is 0 Å². The lowest BCUT2D eigenvalue weighted by atomic mass is 10.1. The molecular weight excluding hydrogens is 164 g/mol. The average Bonchev–Trinajstić information content (AvgIpc) is 2.15. The topological polar surface area (TPSA) is 0 Å². The van der Waals surface area contributed by atoms with Crippen LogP contribution in [0.1, 0.15) is 37.0 Å². The van der Waals surface area contributed by atoms with Gasteiger partial charge in [0.2, 0.25) is 0 Å². The van der Waals surface area contributed by atoms with Gasteiger partial charge < -0.3 is 0 Å². The van der Waals surface area contributed by atoms with Crippen LogP contribution in [0.4, 0.5) is 0 Å². The standard InChI is InChI=1S/C11H16S/c1-2-3-9-11(12)10-7-5-4-6-8-10/h4-8,11-12H,2-3,9H2,1H3/t11-/m0/s1. The van der Waals surface area contributed by atoms with Crippen molar-refractivity contribution < 1.29 is 0 Å². The molecule has 1 atom stereocenters.